The number of aromatic nitrogens is 1. The molecule has 0 N–H and O–H groups in total. The molecule has 0 atom stereocenters. The maximum atomic E-state index is 3.57. The van der Waals surface area contributed by atoms with E-state index in [0.29, 0.717) is 0 Å². The Labute approximate surface area is 43.5 Å². The topological polar surface area (TPSA) is 4.93 Å². The molecule has 0 aliphatic heterocycles. The van der Waals surface area contributed by atoms with Crippen LogP contribution in [0.2, 0.25) is 0 Å². The molecule has 34 valence electrons. The van der Waals surface area contributed by atoms with E-state index in [1.807, 2.05) is 29.0 Å². The fourth-order valence-corrected chi connectivity index (χ4v) is 0.470. The molecule has 0 aromatic carbocycles. The molecule has 1 aromatic heterocycles. The van der Waals surface area contributed by atoms with Gasteiger partial charge < -0.3 is 0 Å². The van der Waals surface area contributed by atoms with Crippen LogP contribution in [0.3, 0.4) is 0 Å². The van der Waals surface area contributed by atoms with E-state index in [0.717, 1.165) is 0 Å². The van der Waals surface area contributed by atoms with Gasteiger partial charge in [-0.05, 0) is 0 Å². The molecular formula is C5H6BN. The van der Waals surface area contributed by atoms with Crippen molar-refractivity contribution in [1.82, 2.24) is 4.48 Å². The molecule has 0 aliphatic rings. The van der Waals surface area contributed by atoms with Gasteiger partial charge in [-0.3, -0.25) is 0 Å². The van der Waals surface area contributed by atoms with Crippen molar-refractivity contribution in [2.24, 2.45) is 0 Å². The summed E-state index contributed by atoms with van der Waals surface area (Å²) in [7, 11) is 1.75. The zero-order chi connectivity index (χ0) is 5.11. The first-order valence-corrected chi connectivity index (χ1v) is 2.18. The average molecular weight is 90.9 g/mol. The van der Waals surface area contributed by atoms with E-state index in [-0.39, 0.29) is 0 Å². The summed E-state index contributed by atoms with van der Waals surface area (Å²) in [6.07, 6.45) is 3.88. The van der Waals surface area contributed by atoms with E-state index in [4.69, 9.17) is 0 Å². The van der Waals surface area contributed by atoms with Gasteiger partial charge in [0.1, 0.15) is 0 Å². The van der Waals surface area contributed by atoms with Gasteiger partial charge in [-0.2, -0.15) is 0 Å². The SMILES string of the molecule is C=Bn1cccc1. The molecule has 0 radical (unpaired) electrons. The van der Waals surface area contributed by atoms with Crippen LogP contribution in [0.1, 0.15) is 0 Å². The second-order valence-corrected chi connectivity index (χ2v) is 1.31. The predicted octanol–water partition coefficient (Wildman–Crippen LogP) is 0.387. The van der Waals surface area contributed by atoms with Gasteiger partial charge in [-0.1, -0.05) is 0 Å². The van der Waals surface area contributed by atoms with E-state index >= 15 is 0 Å². The molecule has 0 aliphatic carbocycles. The number of nitrogens with zero attached hydrogens (tertiary/aromatic N) is 1. The summed E-state index contributed by atoms with van der Waals surface area (Å²) in [4.78, 5) is 0. The Morgan fingerprint density at radius 1 is 1.29 bits per heavy atom. The van der Waals surface area contributed by atoms with Crippen LogP contribution in [-0.2, 0) is 0 Å². The molecule has 0 saturated carbocycles. The number of rotatable bonds is 1. The Bertz CT molecular complexity index is 143. The molecule has 0 saturated heterocycles. The van der Waals surface area contributed by atoms with Crippen molar-refractivity contribution in [2.45, 2.75) is 0 Å². The van der Waals surface area contributed by atoms with E-state index in [1.54, 1.807) is 7.06 Å². The summed E-state index contributed by atoms with van der Waals surface area (Å²) in [6, 6.07) is 3.92. The Balaban J connectivity index is 2.96. The zero-order valence-electron chi connectivity index (χ0n) is 4.04. The van der Waals surface area contributed by atoms with Crippen LogP contribution in [0.25, 0.3) is 0 Å². The van der Waals surface area contributed by atoms with Gasteiger partial charge >= 0.3 is 42.5 Å². The standard InChI is InChI=1S/C5H6BN/c1-6-7-4-2-3-5-7/h2-5H,1H2. The molecule has 2 heteroatoms. The van der Waals surface area contributed by atoms with Crippen molar-refractivity contribution in [3.63, 3.8) is 0 Å². The molecule has 0 fully saturated rings. The molecule has 0 amide bonds. The third kappa shape index (κ3) is 0.799. The van der Waals surface area contributed by atoms with Crippen LogP contribution in [0.5, 0.6) is 0 Å². The molecule has 1 rings (SSSR count). The molecule has 1 nitrogen and oxygen atoms in total. The van der Waals surface area contributed by atoms with Gasteiger partial charge in [-0.25, -0.2) is 0 Å². The number of hydrogen-bond acceptors (Lipinski definition) is 0. The van der Waals surface area contributed by atoms with Crippen LogP contribution in [0.4, 0.5) is 0 Å². The Morgan fingerprint density at radius 2 is 1.86 bits per heavy atom. The molecule has 1 aromatic rings. The number of hydrogen-bond donors (Lipinski definition) is 0. The van der Waals surface area contributed by atoms with Crippen molar-refractivity contribution in [1.29, 1.82) is 0 Å². The first-order chi connectivity index (χ1) is 3.43. The van der Waals surface area contributed by atoms with Crippen LogP contribution in [-0.4, -0.2) is 18.0 Å². The van der Waals surface area contributed by atoms with Crippen LogP contribution >= 0.6 is 0 Å². The van der Waals surface area contributed by atoms with Crippen LogP contribution < -0.4 is 0 Å². The van der Waals surface area contributed by atoms with E-state index in [9.17, 15) is 0 Å². The second-order valence-electron chi connectivity index (χ2n) is 1.31. The third-order valence-electron chi connectivity index (χ3n) is 0.838. The second kappa shape index (κ2) is 1.78. The summed E-state index contributed by atoms with van der Waals surface area (Å²) in [5.41, 5.74) is 0. The molecule has 7 heavy (non-hydrogen) atoms. The van der Waals surface area contributed by atoms with Gasteiger partial charge in [0.25, 0.3) is 0 Å². The summed E-state index contributed by atoms with van der Waals surface area (Å²) >= 11 is 0. The van der Waals surface area contributed by atoms with Crippen molar-refractivity contribution >= 4 is 13.5 Å². The summed E-state index contributed by atoms with van der Waals surface area (Å²) in [6.45, 7) is 3.57. The summed E-state index contributed by atoms with van der Waals surface area (Å²) in [5.74, 6) is 0. The van der Waals surface area contributed by atoms with Gasteiger partial charge in [0.15, 0.2) is 0 Å². The van der Waals surface area contributed by atoms with Gasteiger partial charge in [-0.15, -0.1) is 0 Å². The molecule has 1 heterocycles. The van der Waals surface area contributed by atoms with Gasteiger partial charge in [0.05, 0.1) is 0 Å². The summed E-state index contributed by atoms with van der Waals surface area (Å²) in [5, 5.41) is 0. The normalized spacial score (nSPS) is 8.00. The quantitative estimate of drug-likeness (QED) is 0.440. The molecule has 0 spiro atoms. The first-order valence-electron chi connectivity index (χ1n) is 2.18. The fraction of sp³-hybridized carbons (Fsp3) is 0. The molecular weight excluding hydrogens is 84.9 g/mol. The van der Waals surface area contributed by atoms with Crippen LogP contribution in [0.15, 0.2) is 24.5 Å². The monoisotopic (exact) mass is 91.1 g/mol. The molecule has 0 bridgehead atoms. The van der Waals surface area contributed by atoms with Crippen molar-refractivity contribution in [3.8, 4) is 0 Å². The maximum absolute atomic E-state index is 3.57. The fourth-order valence-electron chi connectivity index (χ4n) is 0.470. The third-order valence-corrected chi connectivity index (χ3v) is 0.838. The van der Waals surface area contributed by atoms with Crippen molar-refractivity contribution < 1.29 is 0 Å². The Kier molecular flexibility index (Phi) is 1.11. The first kappa shape index (κ1) is 4.38. The Hall–Kier alpha value is -0.785. The predicted molar refractivity (Wildman–Crippen MR) is 32.7 cm³/mol. The van der Waals surface area contributed by atoms with Crippen molar-refractivity contribution in [2.75, 3.05) is 0 Å². The van der Waals surface area contributed by atoms with E-state index < -0.39 is 0 Å². The van der Waals surface area contributed by atoms with E-state index in [1.165, 1.54) is 0 Å². The van der Waals surface area contributed by atoms with Gasteiger partial charge in [0.2, 0.25) is 0 Å². The zero-order valence-corrected chi connectivity index (χ0v) is 4.04. The van der Waals surface area contributed by atoms with Gasteiger partial charge in [0, 0.05) is 0 Å². The Morgan fingerprint density at radius 3 is 2.14 bits per heavy atom. The average Bonchev–Trinajstić information content (AvgIpc) is 2.14. The minimum atomic E-state index is 1.75. The van der Waals surface area contributed by atoms with E-state index in [2.05, 4.69) is 6.47 Å². The van der Waals surface area contributed by atoms with Crippen LogP contribution in [0, 0.1) is 0 Å². The van der Waals surface area contributed by atoms with Crippen molar-refractivity contribution in [3.05, 3.63) is 24.5 Å². The molecule has 0 unspecified atom stereocenters. The minimum absolute atomic E-state index is 1.75. The summed E-state index contributed by atoms with van der Waals surface area (Å²) < 4.78 is 1.89.